The standard InChI is InChI=1S/2C26H29N7O6S/c2*1-16-14-27-24(28-15-16)23-20(11-7-13-39-23)40(34,35)32-26-31-30-25(17-8-5-12-21(29-17)38-4)33(26)22-18(36-2)9-6-10-19(22)37-3/h2*5-6,8-10,12,14-15,20,23H,7,11,13H2,1-4H3,(H,31,32)/t2*20-,23+/m10/s1. The molecule has 0 spiro atoms. The van der Waals surface area contributed by atoms with Gasteiger partial charge in [0.15, 0.2) is 23.3 Å². The predicted octanol–water partition coefficient (Wildman–Crippen LogP) is 6.23. The van der Waals surface area contributed by atoms with Crippen LogP contribution in [0.1, 0.15) is 60.7 Å². The molecule has 0 aliphatic carbocycles. The largest absolute Gasteiger partial charge is 0.494 e. The molecule has 4 atom stereocenters. The van der Waals surface area contributed by atoms with Crippen molar-refractivity contribution < 1.29 is 54.7 Å². The van der Waals surface area contributed by atoms with Crippen molar-refractivity contribution in [1.82, 2.24) is 59.4 Å². The Morgan fingerprint density at radius 2 is 0.838 bits per heavy atom. The number of aryl methyl sites for hydroxylation is 2. The Hall–Kier alpha value is -8.60. The summed E-state index contributed by atoms with van der Waals surface area (Å²) in [6.07, 6.45) is 6.61. The Labute approximate surface area is 461 Å². The van der Waals surface area contributed by atoms with E-state index in [0.29, 0.717) is 108 Å². The van der Waals surface area contributed by atoms with Crippen LogP contribution in [-0.4, -0.2) is 143 Å². The van der Waals surface area contributed by atoms with Crippen LogP contribution in [0.25, 0.3) is 34.4 Å². The smallest absolute Gasteiger partial charge is 0.243 e. The fourth-order valence-electron chi connectivity index (χ4n) is 9.00. The predicted molar refractivity (Wildman–Crippen MR) is 291 cm³/mol. The summed E-state index contributed by atoms with van der Waals surface area (Å²) in [6, 6.07) is 20.7. The molecular weight excluding hydrogens is 1080 g/mol. The number of ether oxygens (including phenoxy) is 8. The molecule has 420 valence electrons. The first-order valence-electron chi connectivity index (χ1n) is 24.9. The van der Waals surface area contributed by atoms with E-state index in [1.807, 2.05) is 13.8 Å². The van der Waals surface area contributed by atoms with E-state index in [4.69, 9.17) is 37.9 Å². The fourth-order valence-corrected chi connectivity index (χ4v) is 12.1. The second-order valence-electron chi connectivity index (χ2n) is 18.0. The molecule has 2 saturated heterocycles. The number of hydrogen-bond acceptors (Lipinski definition) is 22. The maximum Gasteiger partial charge on any atom is 0.243 e. The minimum Gasteiger partial charge on any atom is -0.494 e. The Kier molecular flexibility index (Phi) is 17.3. The fraction of sp³-hybridized carbons (Fsp3) is 0.346. The van der Waals surface area contributed by atoms with Gasteiger partial charge in [0.25, 0.3) is 0 Å². The van der Waals surface area contributed by atoms with E-state index in [1.54, 1.807) is 97.6 Å². The van der Waals surface area contributed by atoms with Gasteiger partial charge >= 0.3 is 0 Å². The van der Waals surface area contributed by atoms with Crippen molar-refractivity contribution in [3.63, 3.8) is 0 Å². The molecule has 2 fully saturated rings. The first kappa shape index (κ1) is 56.1. The second-order valence-corrected chi connectivity index (χ2v) is 21.8. The molecule has 2 N–H and O–H groups in total. The van der Waals surface area contributed by atoms with Gasteiger partial charge in [-0.3, -0.25) is 18.6 Å². The van der Waals surface area contributed by atoms with Crippen molar-refractivity contribution in [2.75, 3.05) is 65.3 Å². The van der Waals surface area contributed by atoms with E-state index in [1.165, 1.54) is 51.8 Å². The molecule has 10 rings (SSSR count). The number of benzene rings is 2. The van der Waals surface area contributed by atoms with Crippen LogP contribution < -0.4 is 37.9 Å². The maximum atomic E-state index is 13.9. The Bertz CT molecular complexity index is 3380. The van der Waals surface area contributed by atoms with Crippen LogP contribution in [0.5, 0.6) is 34.8 Å². The quantitative estimate of drug-likeness (QED) is 0.0961. The van der Waals surface area contributed by atoms with Crippen molar-refractivity contribution in [2.24, 2.45) is 0 Å². The minimum atomic E-state index is -4.10. The molecular formula is C52H58N14O12S2. The minimum absolute atomic E-state index is 0.0865. The first-order chi connectivity index (χ1) is 38.7. The third kappa shape index (κ3) is 11.9. The molecule has 28 heteroatoms. The van der Waals surface area contributed by atoms with Gasteiger partial charge < -0.3 is 37.9 Å². The molecule has 0 bridgehead atoms. The number of rotatable bonds is 18. The molecule has 0 radical (unpaired) electrons. The van der Waals surface area contributed by atoms with Gasteiger partial charge in [0.2, 0.25) is 43.7 Å². The van der Waals surface area contributed by atoms with Crippen molar-refractivity contribution in [2.45, 2.75) is 62.2 Å². The topological polar surface area (TPSA) is 305 Å². The Morgan fingerprint density at radius 3 is 1.18 bits per heavy atom. The number of hydrogen-bond donors (Lipinski definition) is 2. The Morgan fingerprint density at radius 1 is 0.487 bits per heavy atom. The summed E-state index contributed by atoms with van der Waals surface area (Å²) in [7, 11) is 0.806. The highest BCUT2D eigenvalue weighted by Gasteiger charge is 2.42. The summed E-state index contributed by atoms with van der Waals surface area (Å²) in [5.74, 6) is 3.19. The van der Waals surface area contributed by atoms with Gasteiger partial charge in [0.05, 0.1) is 42.7 Å². The zero-order valence-electron chi connectivity index (χ0n) is 44.9. The van der Waals surface area contributed by atoms with Crippen LogP contribution in [0, 0.1) is 13.8 Å². The highest BCUT2D eigenvalue weighted by atomic mass is 32.2. The van der Waals surface area contributed by atoms with E-state index in [9.17, 15) is 16.8 Å². The lowest BCUT2D eigenvalue weighted by atomic mass is 10.1. The molecule has 2 aliphatic rings. The molecule has 2 aliphatic heterocycles. The summed E-state index contributed by atoms with van der Waals surface area (Å²) < 4.78 is 109. The second kappa shape index (κ2) is 24.6. The third-order valence-electron chi connectivity index (χ3n) is 12.8. The lowest BCUT2D eigenvalue weighted by molar-refractivity contribution is 0.0125. The van der Waals surface area contributed by atoms with E-state index >= 15 is 0 Å². The molecule has 8 aromatic rings. The molecule has 2 aromatic carbocycles. The maximum absolute atomic E-state index is 13.9. The number of methoxy groups -OCH3 is 6. The lowest BCUT2D eigenvalue weighted by Gasteiger charge is -2.30. The number of sulfonamides is 2. The lowest BCUT2D eigenvalue weighted by Crippen LogP contribution is -2.39. The average Bonchev–Trinajstić information content (AvgIpc) is 4.10. The van der Waals surface area contributed by atoms with Crippen LogP contribution in [-0.2, 0) is 29.5 Å². The van der Waals surface area contributed by atoms with Crippen molar-refractivity contribution in [1.29, 1.82) is 0 Å². The summed E-state index contributed by atoms with van der Waals surface area (Å²) in [5, 5.41) is 15.1. The normalized spacial score (nSPS) is 17.3. The van der Waals surface area contributed by atoms with Crippen molar-refractivity contribution in [3.8, 4) is 69.2 Å². The monoisotopic (exact) mass is 1130 g/mol. The van der Waals surface area contributed by atoms with Crippen molar-refractivity contribution >= 4 is 31.9 Å². The third-order valence-corrected chi connectivity index (χ3v) is 16.3. The van der Waals surface area contributed by atoms with Crippen LogP contribution >= 0.6 is 0 Å². The van der Waals surface area contributed by atoms with E-state index in [0.717, 1.165) is 11.1 Å². The number of para-hydroxylation sites is 2. The van der Waals surface area contributed by atoms with E-state index in [-0.39, 0.29) is 23.5 Å². The molecule has 6 aromatic heterocycles. The summed E-state index contributed by atoms with van der Waals surface area (Å²) >= 11 is 0. The summed E-state index contributed by atoms with van der Waals surface area (Å²) in [4.78, 5) is 26.3. The number of anilines is 2. The Balaban J connectivity index is 0.000000194. The molecule has 0 saturated carbocycles. The van der Waals surface area contributed by atoms with Gasteiger partial charge in [0, 0.05) is 50.1 Å². The average molecular weight is 1140 g/mol. The molecule has 8 heterocycles. The first-order valence-corrected chi connectivity index (χ1v) is 28.0. The number of aromatic nitrogens is 12. The number of nitrogens with zero attached hydrogens (tertiary/aromatic N) is 12. The number of pyridine rings is 2. The zero-order chi connectivity index (χ0) is 56.6. The van der Waals surface area contributed by atoms with Gasteiger partial charge in [0.1, 0.15) is 68.5 Å². The van der Waals surface area contributed by atoms with Gasteiger partial charge in [-0.25, -0.2) is 46.7 Å². The van der Waals surface area contributed by atoms with Gasteiger partial charge in [-0.05, 0) is 87.1 Å². The zero-order valence-corrected chi connectivity index (χ0v) is 46.5. The van der Waals surface area contributed by atoms with Crippen LogP contribution in [0.3, 0.4) is 0 Å². The van der Waals surface area contributed by atoms with Crippen LogP contribution in [0.4, 0.5) is 11.9 Å². The van der Waals surface area contributed by atoms with Gasteiger partial charge in [-0.2, -0.15) is 0 Å². The highest BCUT2D eigenvalue weighted by Crippen LogP contribution is 2.41. The molecule has 0 unspecified atom stereocenters. The summed E-state index contributed by atoms with van der Waals surface area (Å²) in [5.41, 5.74) is 3.25. The molecule has 80 heavy (non-hydrogen) atoms. The van der Waals surface area contributed by atoms with E-state index < -0.39 is 42.8 Å². The van der Waals surface area contributed by atoms with Crippen molar-refractivity contribution in [3.05, 3.63) is 120 Å². The number of nitrogens with one attached hydrogen (secondary N) is 2. The van der Waals surface area contributed by atoms with E-state index in [2.05, 4.69) is 59.7 Å². The van der Waals surface area contributed by atoms with Gasteiger partial charge in [-0.1, -0.05) is 24.3 Å². The van der Waals surface area contributed by atoms with Crippen LogP contribution in [0.15, 0.2) is 97.6 Å². The van der Waals surface area contributed by atoms with Gasteiger partial charge in [-0.15, -0.1) is 20.4 Å². The highest BCUT2D eigenvalue weighted by molar-refractivity contribution is 7.93. The SMILES string of the molecule is COc1cccc(-c2nnc(NS(=O)(=O)[C@@H]3CCCO[C@@H]3c3ncc(C)cn3)n2-c2c(OC)cccc2OC)n1.COc1cccc(-c2nnc(NS(=O)(=O)[C@H]3CCCO[C@H]3c3ncc(C)cn3)n2-c2c(OC)cccc2OC)n1. The van der Waals surface area contributed by atoms with Crippen LogP contribution in [0.2, 0.25) is 0 Å². The molecule has 0 amide bonds. The summed E-state index contributed by atoms with van der Waals surface area (Å²) in [6.45, 7) is 4.51. The molecule has 26 nitrogen and oxygen atoms in total.